The molecule has 4 nitrogen and oxygen atoms in total. The lowest BCUT2D eigenvalue weighted by Gasteiger charge is -2.19. The van der Waals surface area contributed by atoms with Crippen molar-refractivity contribution in [3.8, 4) is 0 Å². The van der Waals surface area contributed by atoms with E-state index in [1.54, 1.807) is 11.3 Å². The Morgan fingerprint density at radius 3 is 2.60 bits per heavy atom. The lowest BCUT2D eigenvalue weighted by Crippen LogP contribution is -2.28. The number of hydrogen-bond donors (Lipinski definition) is 1. The Bertz CT molecular complexity index is 583. The largest absolute Gasteiger partial charge is 0.480 e. The molecule has 1 aromatic carbocycles. The van der Waals surface area contributed by atoms with E-state index in [2.05, 4.69) is 4.98 Å². The summed E-state index contributed by atoms with van der Waals surface area (Å²) in [5, 5.41) is 12.6. The van der Waals surface area contributed by atoms with Crippen LogP contribution in [-0.2, 0) is 17.9 Å². The molecule has 0 saturated heterocycles. The van der Waals surface area contributed by atoms with Gasteiger partial charge in [0.25, 0.3) is 0 Å². The van der Waals surface area contributed by atoms with Gasteiger partial charge in [0, 0.05) is 22.6 Å². The van der Waals surface area contributed by atoms with Gasteiger partial charge in [-0.1, -0.05) is 23.7 Å². The summed E-state index contributed by atoms with van der Waals surface area (Å²) < 4.78 is 0. The molecule has 2 rings (SSSR count). The molecule has 20 heavy (non-hydrogen) atoms. The Morgan fingerprint density at radius 2 is 2.05 bits per heavy atom. The van der Waals surface area contributed by atoms with Crippen molar-refractivity contribution in [1.29, 1.82) is 0 Å². The molecule has 1 heterocycles. The quantitative estimate of drug-likeness (QED) is 0.890. The van der Waals surface area contributed by atoms with E-state index in [-0.39, 0.29) is 6.54 Å². The molecule has 1 aromatic heterocycles. The Balaban J connectivity index is 2.06. The third-order valence-corrected chi connectivity index (χ3v) is 3.91. The number of carbonyl (C=O) groups is 1. The van der Waals surface area contributed by atoms with Crippen molar-refractivity contribution < 1.29 is 9.90 Å². The molecule has 0 aliphatic rings. The lowest BCUT2D eigenvalue weighted by atomic mass is 10.2. The van der Waals surface area contributed by atoms with Crippen LogP contribution in [0.4, 0.5) is 0 Å². The number of aryl methyl sites for hydroxylation is 1. The normalized spacial score (nSPS) is 10.9. The van der Waals surface area contributed by atoms with Crippen LogP contribution in [0.5, 0.6) is 0 Å². The number of rotatable bonds is 6. The monoisotopic (exact) mass is 310 g/mol. The number of thiazole rings is 1. The summed E-state index contributed by atoms with van der Waals surface area (Å²) in [6, 6.07) is 7.43. The van der Waals surface area contributed by atoms with Gasteiger partial charge in [0.2, 0.25) is 0 Å². The van der Waals surface area contributed by atoms with Crippen molar-refractivity contribution in [3.05, 3.63) is 50.9 Å². The Hall–Kier alpha value is -1.43. The van der Waals surface area contributed by atoms with Crippen LogP contribution in [0, 0.1) is 6.92 Å². The predicted octanol–water partition coefficient (Wildman–Crippen LogP) is 3.19. The van der Waals surface area contributed by atoms with E-state index in [4.69, 9.17) is 16.7 Å². The third kappa shape index (κ3) is 4.59. The second kappa shape index (κ2) is 6.83. The van der Waals surface area contributed by atoms with Crippen LogP contribution in [0.25, 0.3) is 0 Å². The van der Waals surface area contributed by atoms with Gasteiger partial charge in [0.1, 0.15) is 5.01 Å². The maximum absolute atomic E-state index is 11.0. The van der Waals surface area contributed by atoms with Gasteiger partial charge in [-0.15, -0.1) is 11.3 Å². The molecule has 0 unspecified atom stereocenters. The molecule has 0 saturated carbocycles. The smallest absolute Gasteiger partial charge is 0.317 e. The van der Waals surface area contributed by atoms with Gasteiger partial charge in [0.05, 0.1) is 13.1 Å². The summed E-state index contributed by atoms with van der Waals surface area (Å²) in [6.07, 6.45) is 0. The fourth-order valence-corrected chi connectivity index (χ4v) is 2.81. The van der Waals surface area contributed by atoms with Crippen molar-refractivity contribution in [3.63, 3.8) is 0 Å². The van der Waals surface area contributed by atoms with Crippen LogP contribution in [0.15, 0.2) is 29.6 Å². The van der Waals surface area contributed by atoms with E-state index < -0.39 is 5.97 Å². The number of nitrogens with zero attached hydrogens (tertiary/aromatic N) is 2. The maximum atomic E-state index is 11.0. The highest BCUT2D eigenvalue weighted by atomic mass is 35.5. The molecule has 106 valence electrons. The van der Waals surface area contributed by atoms with E-state index in [9.17, 15) is 4.79 Å². The second-order valence-electron chi connectivity index (χ2n) is 4.55. The standard InChI is InChI=1S/C14H15ClN2O2S/c1-10-9-20-13(16-10)7-17(8-14(18)19)6-11-2-4-12(15)5-3-11/h2-5,9H,6-8H2,1H3,(H,18,19). The van der Waals surface area contributed by atoms with Crippen LogP contribution in [-0.4, -0.2) is 27.5 Å². The van der Waals surface area contributed by atoms with Gasteiger partial charge in [-0.3, -0.25) is 9.69 Å². The molecule has 0 aliphatic carbocycles. The lowest BCUT2D eigenvalue weighted by molar-refractivity contribution is -0.138. The first-order valence-corrected chi connectivity index (χ1v) is 7.38. The number of benzene rings is 1. The van der Waals surface area contributed by atoms with Gasteiger partial charge in [-0.05, 0) is 24.6 Å². The van der Waals surface area contributed by atoms with Crippen molar-refractivity contribution >= 4 is 28.9 Å². The Labute approximate surface area is 126 Å². The van der Waals surface area contributed by atoms with Gasteiger partial charge in [-0.2, -0.15) is 0 Å². The fraction of sp³-hybridized carbons (Fsp3) is 0.286. The van der Waals surface area contributed by atoms with Gasteiger partial charge >= 0.3 is 5.97 Å². The van der Waals surface area contributed by atoms with Crippen molar-refractivity contribution in [2.24, 2.45) is 0 Å². The molecule has 0 aliphatic heterocycles. The molecule has 2 aromatic rings. The van der Waals surface area contributed by atoms with Gasteiger partial charge < -0.3 is 5.11 Å². The minimum absolute atomic E-state index is 0.0126. The SMILES string of the molecule is Cc1csc(CN(CC(=O)O)Cc2ccc(Cl)cc2)n1. The van der Waals surface area contributed by atoms with E-state index in [0.29, 0.717) is 18.1 Å². The van der Waals surface area contributed by atoms with Crippen LogP contribution in [0.3, 0.4) is 0 Å². The van der Waals surface area contributed by atoms with Crippen LogP contribution < -0.4 is 0 Å². The highest BCUT2D eigenvalue weighted by molar-refractivity contribution is 7.09. The minimum Gasteiger partial charge on any atom is -0.480 e. The molecule has 6 heteroatoms. The summed E-state index contributed by atoms with van der Waals surface area (Å²) in [5.74, 6) is -0.841. The van der Waals surface area contributed by atoms with Crippen molar-refractivity contribution in [2.75, 3.05) is 6.54 Å². The fourth-order valence-electron chi connectivity index (χ4n) is 1.87. The Morgan fingerprint density at radius 1 is 1.35 bits per heavy atom. The van der Waals surface area contributed by atoms with Crippen LogP contribution >= 0.6 is 22.9 Å². The van der Waals surface area contributed by atoms with E-state index >= 15 is 0 Å². The topological polar surface area (TPSA) is 53.4 Å². The molecule has 0 radical (unpaired) electrons. The third-order valence-electron chi connectivity index (χ3n) is 2.70. The highest BCUT2D eigenvalue weighted by Gasteiger charge is 2.13. The number of aromatic nitrogens is 1. The van der Waals surface area contributed by atoms with Crippen LogP contribution in [0.1, 0.15) is 16.3 Å². The predicted molar refractivity (Wildman–Crippen MR) is 80.1 cm³/mol. The number of hydrogen-bond acceptors (Lipinski definition) is 4. The zero-order chi connectivity index (χ0) is 14.5. The highest BCUT2D eigenvalue weighted by Crippen LogP contribution is 2.15. The minimum atomic E-state index is -0.841. The Kier molecular flexibility index (Phi) is 5.11. The van der Waals surface area contributed by atoms with E-state index in [1.165, 1.54) is 0 Å². The molecule has 0 amide bonds. The first kappa shape index (κ1) is 15.0. The van der Waals surface area contributed by atoms with E-state index in [0.717, 1.165) is 16.3 Å². The number of carboxylic acid groups (broad SMARTS) is 1. The number of carboxylic acids is 1. The first-order valence-electron chi connectivity index (χ1n) is 6.12. The van der Waals surface area contributed by atoms with Crippen molar-refractivity contribution in [1.82, 2.24) is 9.88 Å². The molecule has 0 bridgehead atoms. The van der Waals surface area contributed by atoms with Gasteiger partial charge in [-0.25, -0.2) is 4.98 Å². The molecule has 1 N–H and O–H groups in total. The van der Waals surface area contributed by atoms with Gasteiger partial charge in [0.15, 0.2) is 0 Å². The average molecular weight is 311 g/mol. The second-order valence-corrected chi connectivity index (χ2v) is 5.93. The summed E-state index contributed by atoms with van der Waals surface area (Å²) in [5.41, 5.74) is 2.00. The zero-order valence-electron chi connectivity index (χ0n) is 11.0. The molecule has 0 spiro atoms. The summed E-state index contributed by atoms with van der Waals surface area (Å²) >= 11 is 7.40. The molecule has 0 fully saturated rings. The zero-order valence-corrected chi connectivity index (χ0v) is 12.6. The number of aliphatic carboxylic acids is 1. The van der Waals surface area contributed by atoms with E-state index in [1.807, 2.05) is 41.5 Å². The molecule has 0 atom stereocenters. The molecular weight excluding hydrogens is 296 g/mol. The molecular formula is C14H15ClN2O2S. The van der Waals surface area contributed by atoms with Crippen molar-refractivity contribution in [2.45, 2.75) is 20.0 Å². The first-order chi connectivity index (χ1) is 9.52. The summed E-state index contributed by atoms with van der Waals surface area (Å²) in [6.45, 7) is 3.01. The maximum Gasteiger partial charge on any atom is 0.317 e. The summed E-state index contributed by atoms with van der Waals surface area (Å²) in [4.78, 5) is 17.2. The number of halogens is 1. The van der Waals surface area contributed by atoms with Crippen LogP contribution in [0.2, 0.25) is 5.02 Å². The average Bonchev–Trinajstić information content (AvgIpc) is 2.77. The summed E-state index contributed by atoms with van der Waals surface area (Å²) in [7, 11) is 0.